The second kappa shape index (κ2) is 6.17. The second-order valence-corrected chi connectivity index (χ2v) is 4.89. The minimum absolute atomic E-state index is 0.224. The van der Waals surface area contributed by atoms with E-state index < -0.39 is 0 Å². The van der Waals surface area contributed by atoms with Crippen LogP contribution in [0, 0.1) is 10.7 Å². The average molecular weight is 245 g/mol. The van der Waals surface area contributed by atoms with Crippen LogP contribution in [0.15, 0.2) is 49.6 Å². The van der Waals surface area contributed by atoms with E-state index in [4.69, 9.17) is 5.26 Å². The molecule has 2 nitrogen and oxygen atoms in total. The van der Waals surface area contributed by atoms with Gasteiger partial charge in [-0.05, 0) is 42.3 Å². The molecule has 0 aliphatic heterocycles. The van der Waals surface area contributed by atoms with Gasteiger partial charge in [0.1, 0.15) is 11.2 Å². The van der Waals surface area contributed by atoms with E-state index >= 15 is 0 Å². The van der Waals surface area contributed by atoms with E-state index in [-0.39, 0.29) is 10.5 Å². The van der Waals surface area contributed by atoms with E-state index in [0.717, 1.165) is 5.56 Å². The number of nitriles is 1. The third-order valence-corrected chi connectivity index (χ3v) is 3.63. The summed E-state index contributed by atoms with van der Waals surface area (Å²) < 4.78 is -0.355. The molecule has 88 valence electrons. The smallest absolute Gasteiger partial charge is 0.134 e. The molecule has 0 aliphatic carbocycles. The zero-order valence-electron chi connectivity index (χ0n) is 9.60. The molecule has 0 aromatic heterocycles. The van der Waals surface area contributed by atoms with E-state index in [2.05, 4.69) is 18.6 Å². The van der Waals surface area contributed by atoms with Gasteiger partial charge in [0, 0.05) is 0 Å². The summed E-state index contributed by atoms with van der Waals surface area (Å²) in [7, 11) is 0. The van der Waals surface area contributed by atoms with Crippen molar-refractivity contribution in [3.05, 3.63) is 55.1 Å². The van der Waals surface area contributed by atoms with E-state index in [0.29, 0.717) is 12.8 Å². The van der Waals surface area contributed by atoms with Crippen molar-refractivity contribution in [3.63, 3.8) is 0 Å². The van der Waals surface area contributed by atoms with Crippen LogP contribution in [-0.2, 0) is 4.75 Å². The number of phenolic OH excluding ortho intramolecular Hbond substituents is 1. The van der Waals surface area contributed by atoms with Crippen molar-refractivity contribution >= 4 is 11.8 Å². The highest BCUT2D eigenvalue weighted by Crippen LogP contribution is 2.43. The summed E-state index contributed by atoms with van der Waals surface area (Å²) in [6, 6.07) is 6.95. The van der Waals surface area contributed by atoms with Crippen molar-refractivity contribution < 1.29 is 5.11 Å². The van der Waals surface area contributed by atoms with Crippen molar-refractivity contribution in [1.29, 1.82) is 5.26 Å². The van der Waals surface area contributed by atoms with Gasteiger partial charge in [-0.1, -0.05) is 24.3 Å². The zero-order valence-corrected chi connectivity index (χ0v) is 10.4. The Bertz CT molecular complexity index is 421. The molecule has 0 radical (unpaired) electrons. The number of hydrogen-bond donors (Lipinski definition) is 1. The fraction of sp³-hybridized carbons (Fsp3) is 0.214. The van der Waals surface area contributed by atoms with Gasteiger partial charge in [0.2, 0.25) is 0 Å². The van der Waals surface area contributed by atoms with Crippen LogP contribution < -0.4 is 0 Å². The van der Waals surface area contributed by atoms with Gasteiger partial charge in [-0.15, -0.1) is 13.2 Å². The van der Waals surface area contributed by atoms with Gasteiger partial charge in [0.05, 0.1) is 4.75 Å². The lowest BCUT2D eigenvalue weighted by atomic mass is 9.91. The number of thioether (sulfide) groups is 1. The molecule has 1 rings (SSSR count). The predicted molar refractivity (Wildman–Crippen MR) is 72.6 cm³/mol. The lowest BCUT2D eigenvalue weighted by Crippen LogP contribution is -2.19. The molecule has 17 heavy (non-hydrogen) atoms. The summed E-state index contributed by atoms with van der Waals surface area (Å²) in [4.78, 5) is 0. The van der Waals surface area contributed by atoms with Crippen LogP contribution in [-0.4, -0.2) is 5.11 Å². The lowest BCUT2D eigenvalue weighted by Gasteiger charge is -2.28. The maximum absolute atomic E-state index is 9.30. The Kier molecular flexibility index (Phi) is 4.86. The molecule has 0 bridgehead atoms. The standard InChI is InChI=1S/C14H15NOS/c1-3-9-14(10-4-2,17-11-15)12-5-7-13(16)8-6-12/h3-8,16H,1-2,9-10H2. The number of phenols is 1. The van der Waals surface area contributed by atoms with Gasteiger partial charge in [-0.2, -0.15) is 5.26 Å². The number of thiocyanates is 1. The Morgan fingerprint density at radius 2 is 1.76 bits per heavy atom. The minimum atomic E-state index is -0.355. The summed E-state index contributed by atoms with van der Waals surface area (Å²) in [5.41, 5.74) is 1.00. The molecule has 0 spiro atoms. The molecule has 3 heteroatoms. The molecule has 1 aromatic rings. The van der Waals surface area contributed by atoms with Crippen molar-refractivity contribution in [1.82, 2.24) is 0 Å². The first-order valence-electron chi connectivity index (χ1n) is 5.27. The highest BCUT2D eigenvalue weighted by molar-refractivity contribution is 8.04. The normalized spacial score (nSPS) is 10.5. The molecule has 0 amide bonds. The molecule has 0 atom stereocenters. The van der Waals surface area contributed by atoms with Gasteiger partial charge in [-0.3, -0.25) is 0 Å². The molecule has 0 aliphatic rings. The Morgan fingerprint density at radius 1 is 1.24 bits per heavy atom. The van der Waals surface area contributed by atoms with Crippen LogP contribution in [0.5, 0.6) is 5.75 Å². The van der Waals surface area contributed by atoms with Crippen LogP contribution in [0.25, 0.3) is 0 Å². The number of benzene rings is 1. The third kappa shape index (κ3) is 3.15. The number of allylic oxidation sites excluding steroid dienone is 2. The minimum Gasteiger partial charge on any atom is -0.508 e. The largest absolute Gasteiger partial charge is 0.508 e. The Hall–Kier alpha value is -1.66. The lowest BCUT2D eigenvalue weighted by molar-refractivity contribution is 0.474. The fourth-order valence-corrected chi connectivity index (χ4v) is 2.61. The van der Waals surface area contributed by atoms with E-state index in [1.807, 2.05) is 12.1 Å². The van der Waals surface area contributed by atoms with Gasteiger partial charge in [-0.25, -0.2) is 0 Å². The second-order valence-electron chi connectivity index (χ2n) is 3.72. The van der Waals surface area contributed by atoms with Gasteiger partial charge < -0.3 is 5.11 Å². The fourth-order valence-electron chi connectivity index (χ4n) is 1.78. The molecule has 0 saturated carbocycles. The van der Waals surface area contributed by atoms with E-state index in [9.17, 15) is 5.11 Å². The molecular formula is C14H15NOS. The summed E-state index contributed by atoms with van der Waals surface area (Å²) in [6.45, 7) is 7.49. The Balaban J connectivity index is 3.19. The first kappa shape index (κ1) is 13.4. The number of aromatic hydroxyl groups is 1. The summed E-state index contributed by atoms with van der Waals surface area (Å²) in [6.07, 6.45) is 4.98. The van der Waals surface area contributed by atoms with E-state index in [1.54, 1.807) is 24.3 Å². The average Bonchev–Trinajstić information content (AvgIpc) is 2.30. The highest BCUT2D eigenvalue weighted by Gasteiger charge is 2.30. The van der Waals surface area contributed by atoms with Crippen molar-refractivity contribution in [3.8, 4) is 11.2 Å². The predicted octanol–water partition coefficient (Wildman–Crippen LogP) is 3.95. The summed E-state index contributed by atoms with van der Waals surface area (Å²) in [5, 5.41) is 20.4. The van der Waals surface area contributed by atoms with Crippen molar-refractivity contribution in [2.75, 3.05) is 0 Å². The number of rotatable bonds is 6. The van der Waals surface area contributed by atoms with Crippen molar-refractivity contribution in [2.24, 2.45) is 0 Å². The van der Waals surface area contributed by atoms with Crippen LogP contribution in [0.3, 0.4) is 0 Å². The SMILES string of the molecule is C=CCC(CC=C)(SC#N)c1ccc(O)cc1. The van der Waals surface area contributed by atoms with E-state index in [1.165, 1.54) is 11.8 Å². The topological polar surface area (TPSA) is 44.0 Å². The highest BCUT2D eigenvalue weighted by atomic mass is 32.2. The number of nitrogens with zero attached hydrogens (tertiary/aromatic N) is 1. The van der Waals surface area contributed by atoms with Crippen LogP contribution in [0.4, 0.5) is 0 Å². The molecular weight excluding hydrogens is 230 g/mol. The maximum Gasteiger partial charge on any atom is 0.134 e. The first-order chi connectivity index (χ1) is 8.18. The van der Waals surface area contributed by atoms with Gasteiger partial charge in [0.15, 0.2) is 0 Å². The Labute approximate surface area is 106 Å². The van der Waals surface area contributed by atoms with Crippen LogP contribution >= 0.6 is 11.8 Å². The third-order valence-electron chi connectivity index (χ3n) is 2.58. The van der Waals surface area contributed by atoms with Gasteiger partial charge >= 0.3 is 0 Å². The molecule has 0 saturated heterocycles. The van der Waals surface area contributed by atoms with Crippen LogP contribution in [0.2, 0.25) is 0 Å². The van der Waals surface area contributed by atoms with Crippen LogP contribution in [0.1, 0.15) is 18.4 Å². The molecule has 1 aromatic carbocycles. The summed E-state index contributed by atoms with van der Waals surface area (Å²) in [5.74, 6) is 0.224. The maximum atomic E-state index is 9.30. The molecule has 0 heterocycles. The zero-order chi connectivity index (χ0) is 12.7. The molecule has 1 N–H and O–H groups in total. The number of hydrogen-bond acceptors (Lipinski definition) is 3. The quantitative estimate of drug-likeness (QED) is 0.609. The monoisotopic (exact) mass is 245 g/mol. The summed E-state index contributed by atoms with van der Waals surface area (Å²) >= 11 is 1.21. The Morgan fingerprint density at radius 3 is 2.18 bits per heavy atom. The van der Waals surface area contributed by atoms with Crippen molar-refractivity contribution in [2.45, 2.75) is 17.6 Å². The first-order valence-corrected chi connectivity index (χ1v) is 6.08. The molecule has 0 fully saturated rings. The van der Waals surface area contributed by atoms with Gasteiger partial charge in [0.25, 0.3) is 0 Å². The molecule has 0 unspecified atom stereocenters.